The fourth-order valence-corrected chi connectivity index (χ4v) is 4.10. The molecule has 2 heterocycles. The van der Waals surface area contributed by atoms with Crippen molar-refractivity contribution in [2.75, 3.05) is 13.2 Å². The van der Waals surface area contributed by atoms with E-state index in [2.05, 4.69) is 4.72 Å². The van der Waals surface area contributed by atoms with E-state index in [-0.39, 0.29) is 22.8 Å². The smallest absolute Gasteiger partial charge is 0.321 e. The Hall–Kier alpha value is -1.90. The molecule has 0 bridgehead atoms. The molecule has 2 aromatic rings. The number of ether oxygens (including phenoxy) is 1. The highest BCUT2D eigenvalue weighted by atomic mass is 32.2. The van der Waals surface area contributed by atoms with Gasteiger partial charge in [-0.3, -0.25) is 4.79 Å². The van der Waals surface area contributed by atoms with Crippen LogP contribution in [0.2, 0.25) is 0 Å². The normalized spacial score (nSPS) is 19.9. The zero-order chi connectivity index (χ0) is 16.4. The minimum absolute atomic E-state index is 0.0400. The van der Waals surface area contributed by atoms with Crippen LogP contribution >= 0.6 is 0 Å². The number of furan rings is 1. The van der Waals surface area contributed by atoms with Gasteiger partial charge in [0.15, 0.2) is 5.58 Å². The molecule has 1 aliphatic rings. The number of para-hydroxylation sites is 1. The number of hydrogen-bond acceptors (Lipinski definition) is 5. The Morgan fingerprint density at radius 3 is 2.91 bits per heavy atom. The highest BCUT2D eigenvalue weighted by Gasteiger charge is 2.31. The first-order chi connectivity index (χ1) is 11.0. The van der Waals surface area contributed by atoms with Crippen LogP contribution in [0.4, 0.5) is 0 Å². The molecule has 8 heteroatoms. The number of nitrogens with one attached hydrogen (secondary N) is 1. The fraction of sp³-hybridized carbons (Fsp3) is 0.400. The van der Waals surface area contributed by atoms with Crippen LogP contribution in [0.1, 0.15) is 12.8 Å². The van der Waals surface area contributed by atoms with E-state index in [1.807, 2.05) is 0 Å². The summed E-state index contributed by atoms with van der Waals surface area (Å²) in [5.41, 5.74) is 0.216. The molecular weight excluding hydrogens is 322 g/mol. The van der Waals surface area contributed by atoms with Crippen molar-refractivity contribution in [2.24, 2.45) is 5.92 Å². The largest absolute Gasteiger partial charge is 0.480 e. The topological polar surface area (TPSA) is 106 Å². The lowest BCUT2D eigenvalue weighted by Gasteiger charge is -2.17. The van der Waals surface area contributed by atoms with E-state index in [0.29, 0.717) is 18.6 Å². The van der Waals surface area contributed by atoms with Gasteiger partial charge in [-0.2, -0.15) is 4.72 Å². The van der Waals surface area contributed by atoms with Crippen molar-refractivity contribution in [1.82, 2.24) is 4.72 Å². The van der Waals surface area contributed by atoms with Gasteiger partial charge in [-0.25, -0.2) is 8.42 Å². The van der Waals surface area contributed by atoms with E-state index in [4.69, 9.17) is 9.15 Å². The molecule has 3 rings (SSSR count). The van der Waals surface area contributed by atoms with E-state index in [1.54, 1.807) is 18.2 Å². The molecule has 2 unspecified atom stereocenters. The van der Waals surface area contributed by atoms with E-state index >= 15 is 0 Å². The number of fused-ring (bicyclic) bond motifs is 1. The first-order valence-electron chi connectivity index (χ1n) is 7.26. The Labute approximate surface area is 133 Å². The van der Waals surface area contributed by atoms with Crippen molar-refractivity contribution in [3.63, 3.8) is 0 Å². The third kappa shape index (κ3) is 3.39. The van der Waals surface area contributed by atoms with Gasteiger partial charge in [-0.15, -0.1) is 0 Å². The van der Waals surface area contributed by atoms with Crippen molar-refractivity contribution >= 4 is 27.0 Å². The zero-order valence-electron chi connectivity index (χ0n) is 12.3. The maximum Gasteiger partial charge on any atom is 0.321 e. The van der Waals surface area contributed by atoms with Gasteiger partial charge in [0, 0.05) is 18.6 Å². The number of benzene rings is 1. The third-order valence-corrected chi connectivity index (χ3v) is 5.42. The summed E-state index contributed by atoms with van der Waals surface area (Å²) in [6, 6.07) is 5.16. The lowest BCUT2D eigenvalue weighted by Crippen LogP contribution is -2.42. The Morgan fingerprint density at radius 2 is 2.22 bits per heavy atom. The number of carboxylic acid groups (broad SMARTS) is 1. The molecule has 1 aromatic heterocycles. The summed E-state index contributed by atoms with van der Waals surface area (Å²) in [4.78, 5) is 11.4. The molecule has 7 nitrogen and oxygen atoms in total. The molecule has 1 fully saturated rings. The van der Waals surface area contributed by atoms with Crippen LogP contribution in [0.3, 0.4) is 0 Å². The molecular formula is C15H17NO6S. The summed E-state index contributed by atoms with van der Waals surface area (Å²) >= 11 is 0. The molecule has 2 atom stereocenters. The zero-order valence-corrected chi connectivity index (χ0v) is 13.1. The average molecular weight is 339 g/mol. The van der Waals surface area contributed by atoms with Crippen molar-refractivity contribution in [3.05, 3.63) is 30.5 Å². The molecule has 1 aromatic carbocycles. The summed E-state index contributed by atoms with van der Waals surface area (Å²) < 4.78 is 37.8. The van der Waals surface area contributed by atoms with Crippen LogP contribution in [0.15, 0.2) is 39.8 Å². The molecule has 0 aliphatic carbocycles. The van der Waals surface area contributed by atoms with Gasteiger partial charge in [0.2, 0.25) is 10.0 Å². The number of aliphatic carboxylic acids is 1. The van der Waals surface area contributed by atoms with E-state index in [9.17, 15) is 18.3 Å². The van der Waals surface area contributed by atoms with Crippen LogP contribution in [-0.4, -0.2) is 38.7 Å². The summed E-state index contributed by atoms with van der Waals surface area (Å²) in [6.07, 6.45) is 2.33. The van der Waals surface area contributed by atoms with Gasteiger partial charge in [0.05, 0.1) is 6.26 Å². The SMILES string of the molecule is O=C(O)C(CC1CCOC1)NS(=O)(=O)c1cccc2ccoc12. The quantitative estimate of drug-likeness (QED) is 0.828. The summed E-state index contributed by atoms with van der Waals surface area (Å²) in [5.74, 6) is -1.16. The average Bonchev–Trinajstić information content (AvgIpc) is 3.16. The van der Waals surface area contributed by atoms with Gasteiger partial charge in [-0.1, -0.05) is 12.1 Å². The Kier molecular flexibility index (Phi) is 4.38. The van der Waals surface area contributed by atoms with Crippen LogP contribution in [0.25, 0.3) is 11.0 Å². The number of carboxylic acids is 1. The minimum Gasteiger partial charge on any atom is -0.480 e. The van der Waals surface area contributed by atoms with Gasteiger partial charge in [0.1, 0.15) is 10.9 Å². The van der Waals surface area contributed by atoms with E-state index in [1.165, 1.54) is 12.3 Å². The van der Waals surface area contributed by atoms with E-state index < -0.39 is 22.0 Å². The number of carbonyl (C=O) groups is 1. The van der Waals surface area contributed by atoms with Crippen LogP contribution in [-0.2, 0) is 19.6 Å². The van der Waals surface area contributed by atoms with Gasteiger partial charge < -0.3 is 14.3 Å². The summed E-state index contributed by atoms with van der Waals surface area (Å²) in [5, 5.41) is 9.97. The molecule has 23 heavy (non-hydrogen) atoms. The molecule has 2 N–H and O–H groups in total. The molecule has 1 aliphatic heterocycles. The van der Waals surface area contributed by atoms with Crippen molar-refractivity contribution in [1.29, 1.82) is 0 Å². The number of rotatable bonds is 6. The second kappa shape index (κ2) is 6.31. The van der Waals surface area contributed by atoms with Crippen molar-refractivity contribution < 1.29 is 27.5 Å². The van der Waals surface area contributed by atoms with Crippen molar-refractivity contribution in [2.45, 2.75) is 23.8 Å². The summed E-state index contributed by atoms with van der Waals surface area (Å²) in [7, 11) is -4.01. The molecule has 0 spiro atoms. The molecule has 124 valence electrons. The standard InChI is InChI=1S/C15H17NO6S/c17-15(18)12(8-10-4-6-21-9-10)16-23(19,20)13-3-1-2-11-5-7-22-14(11)13/h1-3,5,7,10,12,16H,4,6,8-9H2,(H,17,18). The minimum atomic E-state index is -4.01. The predicted octanol–water partition coefficient (Wildman–Crippen LogP) is 1.59. The first-order valence-corrected chi connectivity index (χ1v) is 8.75. The van der Waals surface area contributed by atoms with Gasteiger partial charge in [-0.05, 0) is 30.9 Å². The first kappa shape index (κ1) is 16.0. The lowest BCUT2D eigenvalue weighted by molar-refractivity contribution is -0.139. The number of hydrogen-bond donors (Lipinski definition) is 2. The van der Waals surface area contributed by atoms with Crippen LogP contribution in [0, 0.1) is 5.92 Å². The predicted molar refractivity (Wildman–Crippen MR) is 81.5 cm³/mol. The Balaban J connectivity index is 1.86. The maximum atomic E-state index is 12.6. The van der Waals surface area contributed by atoms with Gasteiger partial charge >= 0.3 is 5.97 Å². The molecule has 0 radical (unpaired) electrons. The molecule has 1 saturated heterocycles. The highest BCUT2D eigenvalue weighted by molar-refractivity contribution is 7.89. The highest BCUT2D eigenvalue weighted by Crippen LogP contribution is 2.25. The second-order valence-corrected chi connectivity index (χ2v) is 7.25. The van der Waals surface area contributed by atoms with Crippen LogP contribution < -0.4 is 4.72 Å². The second-order valence-electron chi connectivity index (χ2n) is 5.57. The molecule has 0 amide bonds. The lowest BCUT2D eigenvalue weighted by atomic mass is 10.00. The van der Waals surface area contributed by atoms with Crippen LogP contribution in [0.5, 0.6) is 0 Å². The maximum absolute atomic E-state index is 12.6. The van der Waals surface area contributed by atoms with Gasteiger partial charge in [0.25, 0.3) is 0 Å². The Morgan fingerprint density at radius 1 is 1.39 bits per heavy atom. The Bertz CT molecular complexity index is 806. The monoisotopic (exact) mass is 339 g/mol. The third-order valence-electron chi connectivity index (χ3n) is 3.92. The molecule has 0 saturated carbocycles. The fourth-order valence-electron chi connectivity index (χ4n) is 2.73. The van der Waals surface area contributed by atoms with E-state index in [0.717, 1.165) is 6.42 Å². The number of sulfonamides is 1. The summed E-state index contributed by atoms with van der Waals surface area (Å²) in [6.45, 7) is 1.04. The van der Waals surface area contributed by atoms with Crippen molar-refractivity contribution in [3.8, 4) is 0 Å².